The van der Waals surface area contributed by atoms with Gasteiger partial charge in [-0.05, 0) is 36.4 Å². The topological polar surface area (TPSA) is 87.5 Å². The summed E-state index contributed by atoms with van der Waals surface area (Å²) in [7, 11) is 0. The van der Waals surface area contributed by atoms with Crippen LogP contribution < -0.4 is 15.0 Å². The van der Waals surface area contributed by atoms with E-state index in [4.69, 9.17) is 14.7 Å². The third-order valence-corrected chi connectivity index (χ3v) is 5.35. The maximum atomic E-state index is 12.2. The number of nitriles is 1. The van der Waals surface area contributed by atoms with Crippen molar-refractivity contribution in [3.8, 4) is 11.8 Å². The lowest BCUT2D eigenvalue weighted by molar-refractivity contribution is -0.118. The molecule has 4 rings (SSSR count). The molecule has 2 heterocycles. The molecule has 0 saturated carbocycles. The van der Waals surface area contributed by atoms with Crippen molar-refractivity contribution in [2.75, 3.05) is 43.1 Å². The van der Waals surface area contributed by atoms with Crippen molar-refractivity contribution >= 4 is 38.3 Å². The SMILES string of the molecule is N#Cc1cccc(OCC(=O)Nc2ccc3nc(N4CCOCC4)sc3c2)c1. The Hall–Kier alpha value is -3.15. The van der Waals surface area contributed by atoms with Crippen LogP contribution in [0.1, 0.15) is 5.56 Å². The van der Waals surface area contributed by atoms with Crippen LogP contribution in [0.3, 0.4) is 0 Å². The zero-order valence-electron chi connectivity index (χ0n) is 15.1. The molecule has 7 nitrogen and oxygen atoms in total. The van der Waals surface area contributed by atoms with Crippen molar-refractivity contribution in [1.82, 2.24) is 4.98 Å². The third-order valence-electron chi connectivity index (χ3n) is 4.28. The summed E-state index contributed by atoms with van der Waals surface area (Å²) in [6.45, 7) is 2.99. The summed E-state index contributed by atoms with van der Waals surface area (Å²) < 4.78 is 11.9. The van der Waals surface area contributed by atoms with Crippen molar-refractivity contribution in [2.45, 2.75) is 0 Å². The van der Waals surface area contributed by atoms with E-state index >= 15 is 0 Å². The molecule has 0 atom stereocenters. The van der Waals surface area contributed by atoms with Crippen LogP contribution in [-0.4, -0.2) is 43.8 Å². The summed E-state index contributed by atoms with van der Waals surface area (Å²) in [5, 5.41) is 12.7. The van der Waals surface area contributed by atoms with E-state index in [2.05, 4.69) is 15.2 Å². The molecule has 0 aliphatic carbocycles. The second-order valence-electron chi connectivity index (χ2n) is 6.25. The Kier molecular flexibility index (Phi) is 5.37. The lowest BCUT2D eigenvalue weighted by atomic mass is 10.2. The van der Waals surface area contributed by atoms with Gasteiger partial charge in [-0.15, -0.1) is 0 Å². The quantitative estimate of drug-likeness (QED) is 0.716. The highest BCUT2D eigenvalue weighted by atomic mass is 32.1. The van der Waals surface area contributed by atoms with Crippen molar-refractivity contribution < 1.29 is 14.3 Å². The van der Waals surface area contributed by atoms with E-state index in [0.29, 0.717) is 30.2 Å². The molecule has 1 fully saturated rings. The summed E-state index contributed by atoms with van der Waals surface area (Å²) in [6.07, 6.45) is 0. The summed E-state index contributed by atoms with van der Waals surface area (Å²) in [5.74, 6) is 0.224. The third kappa shape index (κ3) is 4.22. The van der Waals surface area contributed by atoms with Crippen molar-refractivity contribution in [1.29, 1.82) is 5.26 Å². The Bertz CT molecular complexity index is 1040. The predicted molar refractivity (Wildman–Crippen MR) is 108 cm³/mol. The van der Waals surface area contributed by atoms with Crippen LogP contribution in [0.5, 0.6) is 5.75 Å². The second-order valence-corrected chi connectivity index (χ2v) is 7.26. The largest absolute Gasteiger partial charge is 0.484 e. The lowest BCUT2D eigenvalue weighted by Crippen LogP contribution is -2.36. The van der Waals surface area contributed by atoms with Gasteiger partial charge < -0.3 is 19.7 Å². The summed E-state index contributed by atoms with van der Waals surface area (Å²) in [4.78, 5) is 19.1. The normalized spacial score (nSPS) is 13.9. The lowest BCUT2D eigenvalue weighted by Gasteiger charge is -2.25. The van der Waals surface area contributed by atoms with Crippen LogP contribution in [0.15, 0.2) is 42.5 Å². The van der Waals surface area contributed by atoms with Gasteiger partial charge in [-0.1, -0.05) is 17.4 Å². The molecule has 8 heteroatoms. The smallest absolute Gasteiger partial charge is 0.262 e. The Morgan fingerprint density at radius 1 is 1.29 bits per heavy atom. The van der Waals surface area contributed by atoms with Gasteiger partial charge in [0.2, 0.25) is 0 Å². The zero-order chi connectivity index (χ0) is 19.3. The average Bonchev–Trinajstić information content (AvgIpc) is 3.16. The highest BCUT2D eigenvalue weighted by molar-refractivity contribution is 7.22. The van der Waals surface area contributed by atoms with Gasteiger partial charge in [0.1, 0.15) is 5.75 Å². The summed E-state index contributed by atoms with van der Waals surface area (Å²) in [5.41, 5.74) is 2.10. The Balaban J connectivity index is 1.39. The number of amides is 1. The number of thiazole rings is 1. The molecule has 1 aromatic heterocycles. The number of morpholine rings is 1. The Labute approximate surface area is 166 Å². The highest BCUT2D eigenvalue weighted by Crippen LogP contribution is 2.31. The minimum Gasteiger partial charge on any atom is -0.484 e. The molecule has 28 heavy (non-hydrogen) atoms. The monoisotopic (exact) mass is 394 g/mol. The van der Waals surface area contributed by atoms with Gasteiger partial charge in [-0.25, -0.2) is 4.98 Å². The van der Waals surface area contributed by atoms with Crippen LogP contribution in [-0.2, 0) is 9.53 Å². The first-order valence-corrected chi connectivity index (χ1v) is 9.69. The number of carbonyl (C=O) groups excluding carboxylic acids is 1. The van der Waals surface area contributed by atoms with Gasteiger partial charge in [-0.3, -0.25) is 4.79 Å². The van der Waals surface area contributed by atoms with Gasteiger partial charge in [-0.2, -0.15) is 5.26 Å². The minimum absolute atomic E-state index is 0.130. The summed E-state index contributed by atoms with van der Waals surface area (Å²) in [6, 6.07) is 14.4. The number of aromatic nitrogens is 1. The van der Waals surface area contributed by atoms with Gasteiger partial charge >= 0.3 is 0 Å². The van der Waals surface area contributed by atoms with E-state index in [0.717, 1.165) is 28.4 Å². The van der Waals surface area contributed by atoms with E-state index in [-0.39, 0.29) is 12.5 Å². The standard InChI is InChI=1S/C20H18N4O3S/c21-12-14-2-1-3-16(10-14)27-13-19(25)22-15-4-5-17-18(11-15)28-20(23-17)24-6-8-26-9-7-24/h1-5,10-11H,6-9,13H2,(H,22,25). The zero-order valence-corrected chi connectivity index (χ0v) is 15.9. The molecular weight excluding hydrogens is 376 g/mol. The van der Waals surface area contributed by atoms with Gasteiger partial charge in [0.05, 0.1) is 35.1 Å². The second kappa shape index (κ2) is 8.25. The van der Waals surface area contributed by atoms with Crippen LogP contribution in [0, 0.1) is 11.3 Å². The molecular formula is C20H18N4O3S. The molecule has 1 amide bonds. The maximum Gasteiger partial charge on any atom is 0.262 e. The number of nitrogens with zero attached hydrogens (tertiary/aromatic N) is 3. The predicted octanol–water partition coefficient (Wildman–Crippen LogP) is 3.02. The Morgan fingerprint density at radius 2 is 2.14 bits per heavy atom. The molecule has 0 radical (unpaired) electrons. The summed E-state index contributed by atoms with van der Waals surface area (Å²) >= 11 is 1.61. The van der Waals surface area contributed by atoms with Crippen LogP contribution in [0.2, 0.25) is 0 Å². The molecule has 0 unspecified atom stereocenters. The van der Waals surface area contributed by atoms with Gasteiger partial charge in [0, 0.05) is 18.8 Å². The van der Waals surface area contributed by atoms with Crippen molar-refractivity contribution in [2.24, 2.45) is 0 Å². The molecule has 1 N–H and O–H groups in total. The van der Waals surface area contributed by atoms with Crippen LogP contribution in [0.25, 0.3) is 10.2 Å². The van der Waals surface area contributed by atoms with Crippen LogP contribution in [0.4, 0.5) is 10.8 Å². The molecule has 0 spiro atoms. The fourth-order valence-corrected chi connectivity index (χ4v) is 3.94. The van der Waals surface area contributed by atoms with Gasteiger partial charge in [0.25, 0.3) is 5.91 Å². The molecule has 0 bridgehead atoms. The van der Waals surface area contributed by atoms with Crippen molar-refractivity contribution in [3.05, 3.63) is 48.0 Å². The molecule has 1 aliphatic heterocycles. The molecule has 1 saturated heterocycles. The van der Waals surface area contributed by atoms with E-state index in [1.54, 1.807) is 35.6 Å². The number of hydrogen-bond acceptors (Lipinski definition) is 7. The molecule has 2 aromatic carbocycles. The first kappa shape index (κ1) is 18.2. The number of fused-ring (bicyclic) bond motifs is 1. The Morgan fingerprint density at radius 3 is 2.96 bits per heavy atom. The molecule has 142 valence electrons. The highest BCUT2D eigenvalue weighted by Gasteiger charge is 2.15. The van der Waals surface area contributed by atoms with E-state index in [1.165, 1.54) is 0 Å². The number of hydrogen-bond donors (Lipinski definition) is 1. The van der Waals surface area contributed by atoms with Crippen LogP contribution >= 0.6 is 11.3 Å². The number of rotatable bonds is 5. The van der Waals surface area contributed by atoms with Crippen molar-refractivity contribution in [3.63, 3.8) is 0 Å². The fraction of sp³-hybridized carbons (Fsp3) is 0.250. The number of anilines is 2. The first-order chi connectivity index (χ1) is 13.7. The number of nitrogens with one attached hydrogen (secondary N) is 1. The van der Waals surface area contributed by atoms with Gasteiger partial charge in [0.15, 0.2) is 11.7 Å². The first-order valence-electron chi connectivity index (χ1n) is 8.87. The minimum atomic E-state index is -0.264. The number of ether oxygens (including phenoxy) is 2. The number of carbonyl (C=O) groups is 1. The maximum absolute atomic E-state index is 12.2. The molecule has 1 aliphatic rings. The number of benzene rings is 2. The van der Waals surface area contributed by atoms with E-state index < -0.39 is 0 Å². The molecule has 3 aromatic rings. The van der Waals surface area contributed by atoms with E-state index in [9.17, 15) is 4.79 Å². The van der Waals surface area contributed by atoms with E-state index in [1.807, 2.05) is 24.3 Å². The fourth-order valence-electron chi connectivity index (χ4n) is 2.88. The average molecular weight is 394 g/mol.